The summed E-state index contributed by atoms with van der Waals surface area (Å²) in [6.45, 7) is 0.630. The van der Waals surface area contributed by atoms with Crippen molar-refractivity contribution in [1.82, 2.24) is 9.55 Å². The van der Waals surface area contributed by atoms with Gasteiger partial charge in [0.25, 0.3) is 0 Å². The molecule has 0 amide bonds. The van der Waals surface area contributed by atoms with Crippen LogP contribution in [-0.4, -0.2) is 23.3 Å². The molecule has 0 saturated heterocycles. The van der Waals surface area contributed by atoms with Crippen LogP contribution in [0.3, 0.4) is 0 Å². The van der Waals surface area contributed by atoms with Crippen molar-refractivity contribution in [1.29, 1.82) is 0 Å². The van der Waals surface area contributed by atoms with Crippen LogP contribution < -0.4 is 5.73 Å². The quantitative estimate of drug-likeness (QED) is 0.909. The van der Waals surface area contributed by atoms with Crippen LogP contribution in [-0.2, 0) is 11.8 Å². The molecule has 1 unspecified atom stereocenters. The molecule has 0 aliphatic carbocycles. The molecule has 2 rings (SSSR count). The zero-order chi connectivity index (χ0) is 12.4. The number of ether oxygens (including phenoxy) is 1. The van der Waals surface area contributed by atoms with Crippen LogP contribution in [0, 0.1) is 0 Å². The molecule has 1 heterocycles. The first kappa shape index (κ1) is 12.4. The van der Waals surface area contributed by atoms with Crippen molar-refractivity contribution in [3.05, 3.63) is 29.0 Å². The Labute approximate surface area is 105 Å². The zero-order valence-electron chi connectivity index (χ0n) is 9.98. The topological polar surface area (TPSA) is 53.1 Å². The Morgan fingerprint density at radius 3 is 3.00 bits per heavy atom. The largest absolute Gasteiger partial charge is 0.385 e. The van der Waals surface area contributed by atoms with Gasteiger partial charge in [0.1, 0.15) is 5.82 Å². The first-order valence-electron chi connectivity index (χ1n) is 5.50. The Balaban J connectivity index is 2.37. The number of methoxy groups -OCH3 is 1. The van der Waals surface area contributed by atoms with Crippen LogP contribution in [0.5, 0.6) is 0 Å². The number of nitrogens with two attached hydrogens (primary N) is 1. The van der Waals surface area contributed by atoms with E-state index in [0.29, 0.717) is 11.6 Å². The summed E-state index contributed by atoms with van der Waals surface area (Å²) < 4.78 is 7.03. The van der Waals surface area contributed by atoms with E-state index < -0.39 is 0 Å². The summed E-state index contributed by atoms with van der Waals surface area (Å²) in [5, 5.41) is 0.688. The van der Waals surface area contributed by atoms with Gasteiger partial charge in [-0.1, -0.05) is 11.6 Å². The van der Waals surface area contributed by atoms with Crippen LogP contribution in [0.1, 0.15) is 18.3 Å². The highest BCUT2D eigenvalue weighted by atomic mass is 35.5. The van der Waals surface area contributed by atoms with Gasteiger partial charge < -0.3 is 15.0 Å². The van der Waals surface area contributed by atoms with E-state index in [9.17, 15) is 0 Å². The lowest BCUT2D eigenvalue weighted by molar-refractivity contribution is 0.187. The first-order chi connectivity index (χ1) is 8.13. The van der Waals surface area contributed by atoms with Gasteiger partial charge in [0.2, 0.25) is 0 Å². The average molecular weight is 254 g/mol. The Morgan fingerprint density at radius 2 is 2.29 bits per heavy atom. The number of imidazole rings is 1. The molecule has 1 atom stereocenters. The van der Waals surface area contributed by atoms with Crippen molar-refractivity contribution < 1.29 is 4.74 Å². The number of fused-ring (bicyclic) bond motifs is 1. The van der Waals surface area contributed by atoms with Gasteiger partial charge in [0.15, 0.2) is 0 Å². The molecule has 92 valence electrons. The molecular weight excluding hydrogens is 238 g/mol. The summed E-state index contributed by atoms with van der Waals surface area (Å²) in [6.07, 6.45) is 0.751. The van der Waals surface area contributed by atoms with E-state index in [-0.39, 0.29) is 6.04 Å². The standard InChI is InChI=1S/C12H16ClN3O/c1-16-11-4-3-8(13)7-10(11)15-12(16)9(14)5-6-17-2/h3-4,7,9H,5-6,14H2,1-2H3. The lowest BCUT2D eigenvalue weighted by Crippen LogP contribution is -2.17. The molecule has 0 radical (unpaired) electrons. The SMILES string of the molecule is COCCC(N)c1nc2cc(Cl)ccc2n1C. The highest BCUT2D eigenvalue weighted by molar-refractivity contribution is 6.31. The fourth-order valence-electron chi connectivity index (χ4n) is 1.90. The van der Waals surface area contributed by atoms with E-state index >= 15 is 0 Å². The van der Waals surface area contributed by atoms with E-state index in [4.69, 9.17) is 22.1 Å². The van der Waals surface area contributed by atoms with Crippen molar-refractivity contribution in [2.45, 2.75) is 12.5 Å². The molecule has 5 heteroatoms. The maximum absolute atomic E-state index is 6.09. The van der Waals surface area contributed by atoms with Gasteiger partial charge in [-0.15, -0.1) is 0 Å². The van der Waals surface area contributed by atoms with Gasteiger partial charge in [-0.2, -0.15) is 0 Å². The smallest absolute Gasteiger partial charge is 0.126 e. The van der Waals surface area contributed by atoms with Gasteiger partial charge in [-0.3, -0.25) is 0 Å². The fourth-order valence-corrected chi connectivity index (χ4v) is 2.06. The van der Waals surface area contributed by atoms with E-state index in [1.165, 1.54) is 0 Å². The van der Waals surface area contributed by atoms with Crippen LogP contribution in [0.2, 0.25) is 5.02 Å². The lowest BCUT2D eigenvalue weighted by atomic mass is 10.2. The minimum Gasteiger partial charge on any atom is -0.385 e. The second-order valence-corrected chi connectivity index (χ2v) is 4.49. The molecule has 1 aromatic carbocycles. The van der Waals surface area contributed by atoms with Crippen molar-refractivity contribution in [3.8, 4) is 0 Å². The predicted molar refractivity (Wildman–Crippen MR) is 69.1 cm³/mol. The van der Waals surface area contributed by atoms with Crippen molar-refractivity contribution in [2.24, 2.45) is 12.8 Å². The molecule has 1 aromatic heterocycles. The van der Waals surface area contributed by atoms with Gasteiger partial charge in [0, 0.05) is 25.8 Å². The van der Waals surface area contributed by atoms with Crippen molar-refractivity contribution >= 4 is 22.6 Å². The number of benzene rings is 1. The number of rotatable bonds is 4. The minimum atomic E-state index is -0.119. The molecule has 0 aliphatic heterocycles. The normalized spacial score (nSPS) is 13.2. The number of hydrogen-bond donors (Lipinski definition) is 1. The fraction of sp³-hybridized carbons (Fsp3) is 0.417. The number of hydrogen-bond acceptors (Lipinski definition) is 3. The summed E-state index contributed by atoms with van der Waals surface area (Å²) in [7, 11) is 3.63. The van der Waals surface area contributed by atoms with E-state index in [2.05, 4.69) is 4.98 Å². The average Bonchev–Trinajstić information content (AvgIpc) is 2.63. The Morgan fingerprint density at radius 1 is 1.53 bits per heavy atom. The van der Waals surface area contributed by atoms with Gasteiger partial charge in [0.05, 0.1) is 17.1 Å². The molecule has 4 nitrogen and oxygen atoms in total. The number of nitrogens with zero attached hydrogens (tertiary/aromatic N) is 2. The molecule has 0 aliphatic rings. The number of aromatic nitrogens is 2. The third kappa shape index (κ3) is 2.44. The third-order valence-electron chi connectivity index (χ3n) is 2.84. The summed E-state index contributed by atoms with van der Waals surface area (Å²) in [5.41, 5.74) is 8.00. The van der Waals surface area contributed by atoms with Gasteiger partial charge in [-0.05, 0) is 24.6 Å². The first-order valence-corrected chi connectivity index (χ1v) is 5.87. The second-order valence-electron chi connectivity index (χ2n) is 4.05. The Kier molecular flexibility index (Phi) is 3.66. The Hall–Kier alpha value is -1.10. The highest BCUT2D eigenvalue weighted by Crippen LogP contribution is 2.22. The minimum absolute atomic E-state index is 0.119. The summed E-state index contributed by atoms with van der Waals surface area (Å²) in [5.74, 6) is 0.860. The maximum atomic E-state index is 6.09. The molecule has 17 heavy (non-hydrogen) atoms. The predicted octanol–water partition coefficient (Wildman–Crippen LogP) is 2.26. The molecule has 0 bridgehead atoms. The van der Waals surface area contributed by atoms with Crippen LogP contribution in [0.15, 0.2) is 18.2 Å². The number of aryl methyl sites for hydroxylation is 1. The molecule has 0 saturated carbocycles. The van der Waals surface area contributed by atoms with E-state index in [1.807, 2.05) is 29.8 Å². The number of halogens is 1. The van der Waals surface area contributed by atoms with Gasteiger partial charge >= 0.3 is 0 Å². The van der Waals surface area contributed by atoms with E-state index in [0.717, 1.165) is 23.3 Å². The summed E-state index contributed by atoms with van der Waals surface area (Å²) >= 11 is 5.94. The van der Waals surface area contributed by atoms with Crippen molar-refractivity contribution in [3.63, 3.8) is 0 Å². The van der Waals surface area contributed by atoms with E-state index in [1.54, 1.807) is 7.11 Å². The zero-order valence-corrected chi connectivity index (χ0v) is 10.7. The molecule has 0 spiro atoms. The van der Waals surface area contributed by atoms with Gasteiger partial charge in [-0.25, -0.2) is 4.98 Å². The lowest BCUT2D eigenvalue weighted by Gasteiger charge is -2.10. The van der Waals surface area contributed by atoms with Crippen LogP contribution in [0.4, 0.5) is 0 Å². The maximum Gasteiger partial charge on any atom is 0.126 e. The van der Waals surface area contributed by atoms with Crippen molar-refractivity contribution in [2.75, 3.05) is 13.7 Å². The monoisotopic (exact) mass is 253 g/mol. The second kappa shape index (κ2) is 5.04. The third-order valence-corrected chi connectivity index (χ3v) is 3.08. The molecule has 2 N–H and O–H groups in total. The van der Waals surface area contributed by atoms with Crippen LogP contribution in [0.25, 0.3) is 11.0 Å². The Bertz CT molecular complexity index is 524. The summed E-state index contributed by atoms with van der Waals surface area (Å²) in [6, 6.07) is 5.54. The van der Waals surface area contributed by atoms with Crippen LogP contribution >= 0.6 is 11.6 Å². The summed E-state index contributed by atoms with van der Waals surface area (Å²) in [4.78, 5) is 4.52. The molecule has 0 fully saturated rings. The molecular formula is C12H16ClN3O. The molecule has 2 aromatic rings. The highest BCUT2D eigenvalue weighted by Gasteiger charge is 2.14.